The van der Waals surface area contributed by atoms with Crippen LogP contribution in [0.25, 0.3) is 0 Å². The maximum atomic E-state index is 5.52. The second kappa shape index (κ2) is 4.66. The van der Waals surface area contributed by atoms with Crippen molar-refractivity contribution >= 4 is 5.84 Å². The number of hydrogen-bond donors (Lipinski definition) is 2. The second-order valence-corrected chi connectivity index (χ2v) is 5.07. The molecule has 0 amide bonds. The van der Waals surface area contributed by atoms with Crippen molar-refractivity contribution in [3.05, 3.63) is 34.9 Å². The van der Waals surface area contributed by atoms with Crippen molar-refractivity contribution in [3.63, 3.8) is 0 Å². The Kier molecular flexibility index (Phi) is 3.70. The quantitative estimate of drug-likeness (QED) is 0.329. The molecule has 0 bridgehead atoms. The molecule has 0 aliphatic carbocycles. The van der Waals surface area contributed by atoms with Crippen LogP contribution < -0.4 is 11.3 Å². The summed E-state index contributed by atoms with van der Waals surface area (Å²) in [5.74, 6) is 6.25. The molecule has 0 saturated heterocycles. The lowest BCUT2D eigenvalue weighted by Gasteiger charge is -2.16. The Labute approximate surface area is 97.7 Å². The van der Waals surface area contributed by atoms with Crippen molar-refractivity contribution < 1.29 is 0 Å². The van der Waals surface area contributed by atoms with Gasteiger partial charge in [0, 0.05) is 5.56 Å². The fourth-order valence-corrected chi connectivity index (χ4v) is 1.40. The first-order valence-electron chi connectivity index (χ1n) is 5.47. The second-order valence-electron chi connectivity index (χ2n) is 5.07. The molecular weight excluding hydrogens is 198 g/mol. The van der Waals surface area contributed by atoms with Crippen molar-refractivity contribution in [2.45, 2.75) is 40.2 Å². The van der Waals surface area contributed by atoms with E-state index in [0.29, 0.717) is 0 Å². The van der Waals surface area contributed by atoms with E-state index >= 15 is 0 Å². The lowest BCUT2D eigenvalue weighted by atomic mass is 10.0. The molecule has 0 saturated carbocycles. The summed E-state index contributed by atoms with van der Waals surface area (Å²) in [5.41, 5.74) is 6.08. The standard InChI is InChI=1S/C13H21N3/c1-9-6-7-11(8-10(9)2)12(16-14)15-13(3,4)5/h6-8H,14H2,1-5H3,(H,15,16). The number of nitrogens with zero attached hydrogens (tertiary/aromatic N) is 1. The topological polar surface area (TPSA) is 50.4 Å². The molecule has 3 nitrogen and oxygen atoms in total. The first kappa shape index (κ1) is 12.7. The zero-order valence-electron chi connectivity index (χ0n) is 10.8. The summed E-state index contributed by atoms with van der Waals surface area (Å²) in [5, 5.41) is 0. The molecule has 3 heteroatoms. The van der Waals surface area contributed by atoms with E-state index in [9.17, 15) is 0 Å². The van der Waals surface area contributed by atoms with Crippen LogP contribution in [0.5, 0.6) is 0 Å². The number of nitrogens with two attached hydrogens (primary N) is 1. The van der Waals surface area contributed by atoms with Crippen LogP contribution in [0.4, 0.5) is 0 Å². The van der Waals surface area contributed by atoms with Crippen LogP contribution in [0.1, 0.15) is 37.5 Å². The van der Waals surface area contributed by atoms with Gasteiger partial charge in [0.15, 0.2) is 0 Å². The molecule has 1 rings (SSSR count). The molecule has 0 heterocycles. The summed E-state index contributed by atoms with van der Waals surface area (Å²) >= 11 is 0. The molecule has 88 valence electrons. The van der Waals surface area contributed by atoms with Crippen LogP contribution in [0.3, 0.4) is 0 Å². The first-order valence-corrected chi connectivity index (χ1v) is 5.47. The molecule has 0 unspecified atom stereocenters. The number of aliphatic imine (C=N–C) groups is 1. The lowest BCUT2D eigenvalue weighted by Crippen LogP contribution is -2.33. The van der Waals surface area contributed by atoms with Crippen LogP contribution in [-0.4, -0.2) is 11.4 Å². The Bertz CT molecular complexity index is 400. The Morgan fingerprint density at radius 2 is 1.81 bits per heavy atom. The van der Waals surface area contributed by atoms with Gasteiger partial charge in [-0.15, -0.1) is 0 Å². The van der Waals surface area contributed by atoms with Crippen molar-refractivity contribution in [2.24, 2.45) is 10.8 Å². The summed E-state index contributed by atoms with van der Waals surface area (Å²) in [4.78, 5) is 4.55. The number of rotatable bonds is 1. The smallest absolute Gasteiger partial charge is 0.143 e. The molecule has 0 aliphatic rings. The molecule has 0 fully saturated rings. The highest BCUT2D eigenvalue weighted by Crippen LogP contribution is 2.13. The van der Waals surface area contributed by atoms with Crippen molar-refractivity contribution in [1.82, 2.24) is 5.43 Å². The third-order valence-electron chi connectivity index (χ3n) is 2.36. The molecule has 1 aromatic rings. The summed E-state index contributed by atoms with van der Waals surface area (Å²) in [6.45, 7) is 10.3. The summed E-state index contributed by atoms with van der Waals surface area (Å²) < 4.78 is 0. The zero-order chi connectivity index (χ0) is 12.3. The van der Waals surface area contributed by atoms with E-state index in [1.54, 1.807) is 0 Å². The highest BCUT2D eigenvalue weighted by atomic mass is 15.3. The van der Waals surface area contributed by atoms with E-state index in [0.717, 1.165) is 11.4 Å². The minimum absolute atomic E-state index is 0.138. The monoisotopic (exact) mass is 219 g/mol. The molecule has 0 aliphatic heterocycles. The third-order valence-corrected chi connectivity index (χ3v) is 2.36. The molecule has 3 N–H and O–H groups in total. The average Bonchev–Trinajstić information content (AvgIpc) is 2.17. The Balaban J connectivity index is 3.15. The fourth-order valence-electron chi connectivity index (χ4n) is 1.40. The average molecular weight is 219 g/mol. The maximum absolute atomic E-state index is 5.52. The van der Waals surface area contributed by atoms with Gasteiger partial charge in [-0.05, 0) is 51.8 Å². The van der Waals surface area contributed by atoms with Crippen molar-refractivity contribution in [3.8, 4) is 0 Å². The molecule has 0 radical (unpaired) electrons. The molecule has 0 atom stereocenters. The van der Waals surface area contributed by atoms with Gasteiger partial charge in [-0.2, -0.15) is 0 Å². The predicted molar refractivity (Wildman–Crippen MR) is 69.5 cm³/mol. The van der Waals surface area contributed by atoms with Crippen LogP contribution in [0.15, 0.2) is 23.2 Å². The summed E-state index contributed by atoms with van der Waals surface area (Å²) in [6, 6.07) is 6.22. The number of benzene rings is 1. The van der Waals surface area contributed by atoms with Gasteiger partial charge in [0.1, 0.15) is 5.84 Å². The van der Waals surface area contributed by atoms with Gasteiger partial charge in [-0.3, -0.25) is 4.99 Å². The van der Waals surface area contributed by atoms with Crippen molar-refractivity contribution in [1.29, 1.82) is 0 Å². The maximum Gasteiger partial charge on any atom is 0.143 e. The highest BCUT2D eigenvalue weighted by Gasteiger charge is 2.11. The molecule has 16 heavy (non-hydrogen) atoms. The number of amidine groups is 1. The zero-order valence-corrected chi connectivity index (χ0v) is 10.8. The number of aryl methyl sites for hydroxylation is 2. The van der Waals surface area contributed by atoms with Crippen molar-refractivity contribution in [2.75, 3.05) is 0 Å². The number of nitrogens with one attached hydrogen (secondary N) is 1. The number of hydrazine groups is 1. The van der Waals surface area contributed by atoms with E-state index in [2.05, 4.69) is 36.4 Å². The highest BCUT2D eigenvalue weighted by molar-refractivity contribution is 5.98. The molecule has 1 aromatic carbocycles. The summed E-state index contributed by atoms with van der Waals surface area (Å²) in [6.07, 6.45) is 0. The third kappa shape index (κ3) is 3.35. The van der Waals surface area contributed by atoms with Gasteiger partial charge in [0.2, 0.25) is 0 Å². The Morgan fingerprint density at radius 1 is 1.19 bits per heavy atom. The van der Waals surface area contributed by atoms with Crippen LogP contribution in [-0.2, 0) is 0 Å². The van der Waals surface area contributed by atoms with E-state index in [1.165, 1.54) is 11.1 Å². The van der Waals surface area contributed by atoms with Gasteiger partial charge >= 0.3 is 0 Å². The minimum atomic E-state index is -0.138. The lowest BCUT2D eigenvalue weighted by molar-refractivity contribution is 0.580. The molecule has 0 aromatic heterocycles. The van der Waals surface area contributed by atoms with E-state index < -0.39 is 0 Å². The minimum Gasteiger partial charge on any atom is -0.308 e. The fraction of sp³-hybridized carbons (Fsp3) is 0.462. The SMILES string of the molecule is Cc1ccc(C(=NC(C)(C)C)NN)cc1C. The Morgan fingerprint density at radius 3 is 2.25 bits per heavy atom. The molecular formula is C13H21N3. The van der Waals surface area contributed by atoms with E-state index in [-0.39, 0.29) is 5.54 Å². The van der Waals surface area contributed by atoms with E-state index in [1.807, 2.05) is 26.8 Å². The largest absolute Gasteiger partial charge is 0.308 e. The van der Waals surface area contributed by atoms with E-state index in [4.69, 9.17) is 5.84 Å². The van der Waals surface area contributed by atoms with Crippen LogP contribution in [0.2, 0.25) is 0 Å². The number of hydrogen-bond acceptors (Lipinski definition) is 2. The van der Waals surface area contributed by atoms with Crippen LogP contribution >= 0.6 is 0 Å². The van der Waals surface area contributed by atoms with Gasteiger partial charge in [-0.25, -0.2) is 5.84 Å². The first-order chi connectivity index (χ1) is 7.33. The van der Waals surface area contributed by atoms with Gasteiger partial charge in [0.25, 0.3) is 0 Å². The van der Waals surface area contributed by atoms with Crippen LogP contribution in [0, 0.1) is 13.8 Å². The van der Waals surface area contributed by atoms with Gasteiger partial charge in [0.05, 0.1) is 5.54 Å². The predicted octanol–water partition coefficient (Wildman–Crippen LogP) is 2.31. The normalized spacial score (nSPS) is 12.8. The molecule has 0 spiro atoms. The van der Waals surface area contributed by atoms with Gasteiger partial charge < -0.3 is 5.43 Å². The van der Waals surface area contributed by atoms with Gasteiger partial charge in [-0.1, -0.05) is 12.1 Å². The summed E-state index contributed by atoms with van der Waals surface area (Å²) in [7, 11) is 0. The Hall–Kier alpha value is -1.35.